The molecule has 0 bridgehead atoms. The van der Waals surface area contributed by atoms with Gasteiger partial charge in [0.05, 0.1) is 6.61 Å². The number of benzene rings is 2. The van der Waals surface area contributed by atoms with Crippen LogP contribution in [0.15, 0.2) is 60.7 Å². The van der Waals surface area contributed by atoms with Gasteiger partial charge < -0.3 is 35.4 Å². The average molecular weight is 765 g/mol. The van der Waals surface area contributed by atoms with Gasteiger partial charge in [-0.2, -0.15) is 0 Å². The largest absolute Gasteiger partial charge is 0.480 e. The first-order valence-corrected chi connectivity index (χ1v) is 19.2. The molecule has 1 aliphatic heterocycles. The summed E-state index contributed by atoms with van der Waals surface area (Å²) >= 11 is 0. The second-order valence-electron chi connectivity index (χ2n) is 16.3. The third kappa shape index (κ3) is 15.1. The number of hydrogen-bond donors (Lipinski definition) is 4. The first kappa shape index (κ1) is 44.6. The molecule has 0 radical (unpaired) electrons. The first-order valence-electron chi connectivity index (χ1n) is 19.2. The Balaban J connectivity index is 1.70. The molecular weight excluding hydrogens is 704 g/mol. The summed E-state index contributed by atoms with van der Waals surface area (Å²) in [6.07, 6.45) is 1.74. The van der Waals surface area contributed by atoms with Crippen LogP contribution in [0.1, 0.15) is 105 Å². The van der Waals surface area contributed by atoms with Crippen LogP contribution >= 0.6 is 0 Å². The zero-order valence-corrected chi connectivity index (χ0v) is 33.4. The predicted octanol–water partition coefficient (Wildman–Crippen LogP) is 5.34. The van der Waals surface area contributed by atoms with Gasteiger partial charge in [0.2, 0.25) is 17.7 Å². The normalized spacial score (nSPS) is 16.6. The van der Waals surface area contributed by atoms with E-state index in [1.54, 1.807) is 48.5 Å². The van der Waals surface area contributed by atoms with Crippen molar-refractivity contribution in [3.8, 4) is 0 Å². The summed E-state index contributed by atoms with van der Waals surface area (Å²) in [4.78, 5) is 80.7. The lowest BCUT2D eigenvalue weighted by atomic mass is 9.85. The van der Waals surface area contributed by atoms with Crippen molar-refractivity contribution in [1.82, 2.24) is 20.9 Å². The molecule has 0 aliphatic carbocycles. The van der Waals surface area contributed by atoms with Crippen LogP contribution in [0, 0.1) is 5.41 Å². The summed E-state index contributed by atoms with van der Waals surface area (Å²) in [5, 5.41) is 18.1. The Kier molecular flexibility index (Phi) is 16.9. The van der Waals surface area contributed by atoms with Crippen LogP contribution in [-0.4, -0.2) is 88.0 Å². The van der Waals surface area contributed by atoms with E-state index in [9.17, 15) is 33.9 Å². The molecule has 1 heterocycles. The summed E-state index contributed by atoms with van der Waals surface area (Å²) < 4.78 is 11.2. The van der Waals surface area contributed by atoms with Gasteiger partial charge in [0.1, 0.15) is 35.9 Å². The van der Waals surface area contributed by atoms with Crippen molar-refractivity contribution in [3.63, 3.8) is 0 Å². The van der Waals surface area contributed by atoms with Crippen LogP contribution in [0.5, 0.6) is 0 Å². The Bertz CT molecular complexity index is 1590. The molecule has 0 saturated carbocycles. The zero-order valence-electron chi connectivity index (χ0n) is 33.4. The SMILES string of the molecule is CC(OCc1ccccc1)C(=O)CCCCC[C@H](NC(=O)OC(C)(C)C)C(=O)N[C@@H](C(=O)N[C@@H](Cc1ccccc1)C(=O)N1CCC[C@@H]1C(=O)O)C(C)(C)C. The van der Waals surface area contributed by atoms with Gasteiger partial charge in [-0.3, -0.25) is 19.2 Å². The number of likely N-dealkylation sites (tertiary alicyclic amines) is 1. The molecule has 4 amide bonds. The molecule has 5 atom stereocenters. The lowest BCUT2D eigenvalue weighted by Crippen LogP contribution is -2.61. The lowest BCUT2D eigenvalue weighted by molar-refractivity contribution is -0.149. The minimum atomic E-state index is -1.14. The Hall–Kier alpha value is -4.78. The number of hydrogen-bond acceptors (Lipinski definition) is 8. The summed E-state index contributed by atoms with van der Waals surface area (Å²) in [7, 11) is 0. The highest BCUT2D eigenvalue weighted by atomic mass is 16.6. The molecule has 0 spiro atoms. The number of amides is 4. The van der Waals surface area contributed by atoms with Crippen molar-refractivity contribution < 1.29 is 43.3 Å². The fourth-order valence-electron chi connectivity index (χ4n) is 6.35. The number of nitrogens with one attached hydrogen (secondary N) is 3. The first-order chi connectivity index (χ1) is 25.9. The van der Waals surface area contributed by atoms with Crippen molar-refractivity contribution in [3.05, 3.63) is 71.8 Å². The zero-order chi connectivity index (χ0) is 40.8. The Morgan fingerprint density at radius 1 is 0.800 bits per heavy atom. The second-order valence-corrected chi connectivity index (χ2v) is 16.3. The van der Waals surface area contributed by atoms with Crippen molar-refractivity contribution >= 4 is 35.6 Å². The number of aliphatic carboxylic acids is 1. The van der Waals surface area contributed by atoms with Crippen LogP contribution in [0.25, 0.3) is 0 Å². The highest BCUT2D eigenvalue weighted by molar-refractivity contribution is 5.95. The highest BCUT2D eigenvalue weighted by Crippen LogP contribution is 2.23. The number of ether oxygens (including phenoxy) is 2. The molecule has 2 aromatic carbocycles. The highest BCUT2D eigenvalue weighted by Gasteiger charge is 2.41. The van der Waals surface area contributed by atoms with Crippen molar-refractivity contribution in [2.75, 3.05) is 6.54 Å². The smallest absolute Gasteiger partial charge is 0.408 e. The fourth-order valence-corrected chi connectivity index (χ4v) is 6.35. The van der Waals surface area contributed by atoms with E-state index in [0.717, 1.165) is 11.1 Å². The maximum atomic E-state index is 14.1. The molecule has 13 nitrogen and oxygen atoms in total. The monoisotopic (exact) mass is 764 g/mol. The van der Waals surface area contributed by atoms with Gasteiger partial charge in [-0.05, 0) is 69.9 Å². The number of ketones is 1. The van der Waals surface area contributed by atoms with Gasteiger partial charge in [-0.1, -0.05) is 94.3 Å². The van der Waals surface area contributed by atoms with Crippen LogP contribution < -0.4 is 16.0 Å². The molecule has 1 saturated heterocycles. The number of carboxylic acids is 1. The van der Waals surface area contributed by atoms with Gasteiger partial charge in [-0.15, -0.1) is 0 Å². The van der Waals surface area contributed by atoms with E-state index < -0.39 is 71.1 Å². The van der Waals surface area contributed by atoms with Crippen LogP contribution in [-0.2, 0) is 46.5 Å². The summed E-state index contributed by atoms with van der Waals surface area (Å²) in [6, 6.07) is 14.4. The van der Waals surface area contributed by atoms with E-state index in [0.29, 0.717) is 45.1 Å². The number of carbonyl (C=O) groups excluding carboxylic acids is 5. The summed E-state index contributed by atoms with van der Waals surface area (Å²) in [5.74, 6) is -2.88. The van der Waals surface area contributed by atoms with Gasteiger partial charge in [0, 0.05) is 19.4 Å². The third-order valence-corrected chi connectivity index (χ3v) is 9.35. The molecule has 1 fully saturated rings. The number of unbranched alkanes of at least 4 members (excludes halogenated alkanes) is 2. The average Bonchev–Trinajstić information content (AvgIpc) is 3.62. The molecule has 302 valence electrons. The predicted molar refractivity (Wildman–Crippen MR) is 208 cm³/mol. The maximum Gasteiger partial charge on any atom is 0.408 e. The maximum absolute atomic E-state index is 14.1. The van der Waals surface area contributed by atoms with Crippen LogP contribution in [0.2, 0.25) is 0 Å². The van der Waals surface area contributed by atoms with Gasteiger partial charge >= 0.3 is 12.1 Å². The Morgan fingerprint density at radius 3 is 2.00 bits per heavy atom. The van der Waals surface area contributed by atoms with Gasteiger partial charge in [0.15, 0.2) is 5.78 Å². The minimum absolute atomic E-state index is 0.0246. The lowest BCUT2D eigenvalue weighted by Gasteiger charge is -2.34. The molecular formula is C42H60N4O9. The van der Waals surface area contributed by atoms with Crippen molar-refractivity contribution in [1.29, 1.82) is 0 Å². The quantitative estimate of drug-likeness (QED) is 0.137. The molecule has 3 rings (SSSR count). The topological polar surface area (TPSA) is 180 Å². The van der Waals surface area contributed by atoms with Gasteiger partial charge in [-0.25, -0.2) is 9.59 Å². The molecule has 4 N–H and O–H groups in total. The standard InChI is InChI=1S/C42H60N4O9/c1-28(54-27-30-20-13-9-14-21-30)34(47)24-16-10-15-22-31(44-40(53)55-42(5,6)7)36(48)45-35(41(2,3)4)37(49)43-32(26-29-18-11-8-12-19-29)38(50)46-25-17-23-33(46)39(51)52/h8-9,11-14,18-21,28,31-33,35H,10,15-17,22-27H2,1-7H3,(H,43,49)(H,44,53)(H,45,48)(H,51,52)/t28?,31-,32-,33+,35-/m0/s1. The molecule has 1 unspecified atom stereocenters. The van der Waals surface area contributed by atoms with Crippen LogP contribution in [0.4, 0.5) is 4.79 Å². The van der Waals surface area contributed by atoms with E-state index in [1.807, 2.05) is 60.7 Å². The van der Waals surface area contributed by atoms with E-state index in [-0.39, 0.29) is 25.2 Å². The number of carboxylic acid groups (broad SMARTS) is 1. The minimum Gasteiger partial charge on any atom is -0.480 e. The second kappa shape index (κ2) is 20.8. The number of carbonyl (C=O) groups is 6. The summed E-state index contributed by atoms with van der Waals surface area (Å²) in [5.41, 5.74) is 0.0778. The number of nitrogens with zero attached hydrogens (tertiary/aromatic N) is 1. The van der Waals surface area contributed by atoms with E-state index in [2.05, 4.69) is 16.0 Å². The van der Waals surface area contributed by atoms with E-state index in [1.165, 1.54) is 4.90 Å². The van der Waals surface area contributed by atoms with Gasteiger partial charge in [0.25, 0.3) is 0 Å². The molecule has 1 aliphatic rings. The Morgan fingerprint density at radius 2 is 1.42 bits per heavy atom. The Labute approximate surface area is 325 Å². The number of Topliss-reactive ketones (excluding diaryl/α,β-unsaturated/α-hetero) is 1. The number of rotatable bonds is 19. The van der Waals surface area contributed by atoms with E-state index in [4.69, 9.17) is 9.47 Å². The van der Waals surface area contributed by atoms with Crippen LogP contribution in [0.3, 0.4) is 0 Å². The van der Waals surface area contributed by atoms with Crippen molar-refractivity contribution in [2.45, 2.75) is 142 Å². The molecule has 13 heteroatoms. The molecule has 55 heavy (non-hydrogen) atoms. The fraction of sp³-hybridized carbons (Fsp3) is 0.571. The molecule has 0 aromatic heterocycles. The number of alkyl carbamates (subject to hydrolysis) is 1. The third-order valence-electron chi connectivity index (χ3n) is 9.35. The van der Waals surface area contributed by atoms with E-state index >= 15 is 0 Å². The van der Waals surface area contributed by atoms with Crippen molar-refractivity contribution in [2.24, 2.45) is 5.41 Å². The molecule has 2 aromatic rings. The summed E-state index contributed by atoms with van der Waals surface area (Å²) in [6.45, 7) is 12.7.